The van der Waals surface area contributed by atoms with Gasteiger partial charge in [-0.2, -0.15) is 0 Å². The zero-order valence-corrected chi connectivity index (χ0v) is 17.0. The second-order valence-corrected chi connectivity index (χ2v) is 7.73. The standard InChI is InChI=1S/C21H28N4OS/c1-4-15-27-21-23-22-20(24(21)2)18-11-8-14-25(16-18)13-7-10-17-9-5-6-12-19(17)26-3/h4-7,9-10,12,18H,1,8,11,13-16H2,2-3H3/b10-7+/t18-/m1/s1. The molecule has 0 saturated carbocycles. The molecule has 0 spiro atoms. The van der Waals surface area contributed by atoms with Gasteiger partial charge in [0.05, 0.1) is 7.11 Å². The Morgan fingerprint density at radius 2 is 2.19 bits per heavy atom. The summed E-state index contributed by atoms with van der Waals surface area (Å²) in [6, 6.07) is 8.10. The molecule has 0 aliphatic carbocycles. The van der Waals surface area contributed by atoms with Crippen molar-refractivity contribution in [1.29, 1.82) is 0 Å². The molecule has 0 radical (unpaired) electrons. The fourth-order valence-electron chi connectivity index (χ4n) is 3.51. The predicted molar refractivity (Wildman–Crippen MR) is 112 cm³/mol. The predicted octanol–water partition coefficient (Wildman–Crippen LogP) is 3.99. The minimum Gasteiger partial charge on any atom is -0.496 e. The maximum atomic E-state index is 5.42. The van der Waals surface area contributed by atoms with E-state index in [2.05, 4.69) is 51.5 Å². The molecule has 27 heavy (non-hydrogen) atoms. The number of hydrogen-bond donors (Lipinski definition) is 0. The first-order valence-electron chi connectivity index (χ1n) is 9.37. The van der Waals surface area contributed by atoms with Crippen LogP contribution in [0.15, 0.2) is 48.2 Å². The molecule has 1 saturated heterocycles. The number of aromatic nitrogens is 3. The van der Waals surface area contributed by atoms with Crippen LogP contribution in [-0.2, 0) is 7.05 Å². The van der Waals surface area contributed by atoms with Gasteiger partial charge < -0.3 is 9.30 Å². The lowest BCUT2D eigenvalue weighted by molar-refractivity contribution is 0.222. The summed E-state index contributed by atoms with van der Waals surface area (Å²) in [7, 11) is 3.78. The Hall–Kier alpha value is -2.05. The van der Waals surface area contributed by atoms with E-state index in [0.29, 0.717) is 5.92 Å². The molecule has 0 amide bonds. The zero-order valence-electron chi connectivity index (χ0n) is 16.2. The summed E-state index contributed by atoms with van der Waals surface area (Å²) in [6.07, 6.45) is 8.63. The van der Waals surface area contributed by atoms with Gasteiger partial charge in [-0.25, -0.2) is 0 Å². The highest BCUT2D eigenvalue weighted by Gasteiger charge is 2.25. The van der Waals surface area contributed by atoms with Crippen LogP contribution in [0.4, 0.5) is 0 Å². The lowest BCUT2D eigenvalue weighted by Gasteiger charge is -2.31. The summed E-state index contributed by atoms with van der Waals surface area (Å²) < 4.78 is 7.56. The number of hydrogen-bond acceptors (Lipinski definition) is 5. The van der Waals surface area contributed by atoms with Crippen molar-refractivity contribution >= 4 is 17.8 Å². The second-order valence-electron chi connectivity index (χ2n) is 6.74. The van der Waals surface area contributed by atoms with Crippen LogP contribution < -0.4 is 4.74 Å². The molecule has 1 aromatic carbocycles. The van der Waals surface area contributed by atoms with E-state index >= 15 is 0 Å². The van der Waals surface area contributed by atoms with Gasteiger partial charge in [0.15, 0.2) is 5.16 Å². The quantitative estimate of drug-likeness (QED) is 0.508. The van der Waals surface area contributed by atoms with Crippen molar-refractivity contribution in [2.75, 3.05) is 32.5 Å². The molecule has 2 heterocycles. The molecule has 1 aromatic heterocycles. The molecule has 1 aliphatic rings. The van der Waals surface area contributed by atoms with Crippen LogP contribution in [0.25, 0.3) is 6.08 Å². The van der Waals surface area contributed by atoms with Crippen molar-refractivity contribution in [3.8, 4) is 5.75 Å². The third-order valence-electron chi connectivity index (χ3n) is 4.87. The molecule has 6 heteroatoms. The van der Waals surface area contributed by atoms with E-state index in [-0.39, 0.29) is 0 Å². The number of para-hydroxylation sites is 1. The maximum absolute atomic E-state index is 5.42. The van der Waals surface area contributed by atoms with Crippen molar-refractivity contribution in [3.05, 3.63) is 54.4 Å². The zero-order chi connectivity index (χ0) is 19.1. The van der Waals surface area contributed by atoms with Crippen LogP contribution in [0.5, 0.6) is 5.75 Å². The van der Waals surface area contributed by atoms with Gasteiger partial charge >= 0.3 is 0 Å². The van der Waals surface area contributed by atoms with E-state index in [1.165, 1.54) is 12.8 Å². The molecule has 5 nitrogen and oxygen atoms in total. The second kappa shape index (κ2) is 9.76. The van der Waals surface area contributed by atoms with Crippen LogP contribution in [0.1, 0.15) is 30.1 Å². The Morgan fingerprint density at radius 3 is 3.00 bits per heavy atom. The van der Waals surface area contributed by atoms with Crippen molar-refractivity contribution in [2.24, 2.45) is 7.05 Å². The number of likely N-dealkylation sites (tertiary alicyclic amines) is 1. The molecule has 0 unspecified atom stereocenters. The summed E-state index contributed by atoms with van der Waals surface area (Å²) in [4.78, 5) is 2.49. The van der Waals surface area contributed by atoms with E-state index in [1.54, 1.807) is 18.9 Å². The van der Waals surface area contributed by atoms with Gasteiger partial charge in [0.1, 0.15) is 11.6 Å². The largest absolute Gasteiger partial charge is 0.496 e. The van der Waals surface area contributed by atoms with Gasteiger partial charge in [-0.1, -0.05) is 48.2 Å². The van der Waals surface area contributed by atoms with Gasteiger partial charge in [0.25, 0.3) is 0 Å². The molecule has 3 rings (SSSR count). The topological polar surface area (TPSA) is 43.2 Å². The number of methoxy groups -OCH3 is 1. The number of rotatable bonds is 8. The maximum Gasteiger partial charge on any atom is 0.191 e. The average molecular weight is 385 g/mol. The normalized spacial score (nSPS) is 18.1. The van der Waals surface area contributed by atoms with Crippen LogP contribution in [0.2, 0.25) is 0 Å². The van der Waals surface area contributed by atoms with Crippen LogP contribution in [-0.4, -0.2) is 52.2 Å². The monoisotopic (exact) mass is 384 g/mol. The van der Waals surface area contributed by atoms with E-state index in [4.69, 9.17) is 4.74 Å². The van der Waals surface area contributed by atoms with Crippen molar-refractivity contribution in [2.45, 2.75) is 23.9 Å². The molecule has 1 fully saturated rings. The summed E-state index contributed by atoms with van der Waals surface area (Å²) in [5, 5.41) is 9.80. The molecule has 0 bridgehead atoms. The van der Waals surface area contributed by atoms with Crippen molar-refractivity contribution in [3.63, 3.8) is 0 Å². The van der Waals surface area contributed by atoms with Gasteiger partial charge in [-0.15, -0.1) is 16.8 Å². The Balaban J connectivity index is 1.60. The molecular weight excluding hydrogens is 356 g/mol. The fourth-order valence-corrected chi connectivity index (χ4v) is 4.16. The summed E-state index contributed by atoms with van der Waals surface area (Å²) in [5.41, 5.74) is 1.12. The number of ether oxygens (including phenoxy) is 1. The average Bonchev–Trinajstić information content (AvgIpc) is 3.07. The van der Waals surface area contributed by atoms with E-state index < -0.39 is 0 Å². The number of nitrogens with zero attached hydrogens (tertiary/aromatic N) is 4. The highest BCUT2D eigenvalue weighted by molar-refractivity contribution is 7.99. The first-order chi connectivity index (χ1) is 13.2. The molecule has 1 atom stereocenters. The molecule has 144 valence electrons. The minimum absolute atomic E-state index is 0.439. The molecule has 2 aromatic rings. The lowest BCUT2D eigenvalue weighted by Crippen LogP contribution is -2.35. The Morgan fingerprint density at radius 1 is 1.33 bits per heavy atom. The lowest BCUT2D eigenvalue weighted by atomic mass is 9.97. The smallest absolute Gasteiger partial charge is 0.191 e. The number of piperidine rings is 1. The van der Waals surface area contributed by atoms with E-state index in [9.17, 15) is 0 Å². The summed E-state index contributed by atoms with van der Waals surface area (Å²) >= 11 is 1.68. The van der Waals surface area contributed by atoms with Gasteiger partial charge in [0.2, 0.25) is 0 Å². The summed E-state index contributed by atoms with van der Waals surface area (Å²) in [5.74, 6) is 3.30. The Bertz CT molecular complexity index is 786. The molecular formula is C21H28N4OS. The number of benzene rings is 1. The first kappa shape index (κ1) is 19.7. The third-order valence-corrected chi connectivity index (χ3v) is 5.89. The van der Waals surface area contributed by atoms with Crippen LogP contribution in [0.3, 0.4) is 0 Å². The number of thioether (sulfide) groups is 1. The highest BCUT2D eigenvalue weighted by Crippen LogP contribution is 2.28. The summed E-state index contributed by atoms with van der Waals surface area (Å²) in [6.45, 7) is 6.86. The van der Waals surface area contributed by atoms with Gasteiger partial charge in [-0.3, -0.25) is 4.90 Å². The van der Waals surface area contributed by atoms with Crippen LogP contribution >= 0.6 is 11.8 Å². The molecule has 0 N–H and O–H groups in total. The van der Waals surface area contributed by atoms with Crippen LogP contribution in [0, 0.1) is 0 Å². The van der Waals surface area contributed by atoms with Gasteiger partial charge in [-0.05, 0) is 25.5 Å². The van der Waals surface area contributed by atoms with E-state index in [0.717, 1.165) is 47.7 Å². The first-order valence-corrected chi connectivity index (χ1v) is 10.4. The third kappa shape index (κ3) is 5.02. The fraction of sp³-hybridized carbons (Fsp3) is 0.429. The van der Waals surface area contributed by atoms with E-state index in [1.807, 2.05) is 24.3 Å². The van der Waals surface area contributed by atoms with Gasteiger partial charge in [0, 0.05) is 37.4 Å². The Labute approximate surface area is 166 Å². The van der Waals surface area contributed by atoms with Crippen molar-refractivity contribution in [1.82, 2.24) is 19.7 Å². The Kier molecular flexibility index (Phi) is 7.12. The molecule has 1 aliphatic heterocycles. The minimum atomic E-state index is 0.439. The highest BCUT2D eigenvalue weighted by atomic mass is 32.2. The SMILES string of the molecule is C=CCSc1nnc([C@@H]2CCCN(C/C=C/c3ccccc3OC)C2)n1C. The van der Waals surface area contributed by atoms with Crippen molar-refractivity contribution < 1.29 is 4.74 Å².